The molecule has 0 aromatic heterocycles. The molecule has 6 nitrogen and oxygen atoms in total. The fourth-order valence-corrected chi connectivity index (χ4v) is 6.51. The average molecular weight is 476 g/mol. The van der Waals surface area contributed by atoms with Gasteiger partial charge >= 0.3 is 6.18 Å². The Balaban J connectivity index is 1.52. The molecular weight excluding hydrogens is 459 g/mol. The summed E-state index contributed by atoms with van der Waals surface area (Å²) in [4.78, 5) is 43.6. The highest BCUT2D eigenvalue weighted by Gasteiger charge is 2.74. The molecule has 3 amide bonds. The molecule has 2 aromatic rings. The molecule has 6 rings (SSSR count). The quantitative estimate of drug-likeness (QED) is 0.637. The minimum Gasteiger partial charge on any atom is -0.324 e. The van der Waals surface area contributed by atoms with Gasteiger partial charge in [0.2, 0.25) is 17.7 Å². The summed E-state index contributed by atoms with van der Waals surface area (Å²) in [5.74, 6) is -3.46. The van der Waals surface area contributed by atoms with E-state index in [1.807, 2.05) is 4.90 Å². The lowest BCUT2D eigenvalue weighted by atomic mass is 9.75. The van der Waals surface area contributed by atoms with E-state index in [0.717, 1.165) is 23.5 Å². The Morgan fingerprint density at radius 1 is 1.06 bits per heavy atom. The van der Waals surface area contributed by atoms with Crippen molar-refractivity contribution in [2.45, 2.75) is 30.6 Å². The number of amides is 3. The molecule has 170 valence electrons. The van der Waals surface area contributed by atoms with Crippen LogP contribution in [0.3, 0.4) is 0 Å². The highest BCUT2D eigenvalue weighted by molar-refractivity contribution is 6.32. The summed E-state index contributed by atoms with van der Waals surface area (Å²) in [6.45, 7) is 0.555. The standard InChI is InChI=1S/C23H17ClF3N3O3/c24-14-8-7-11(10-13(14)23(25,26)27)30-19(31)17-16-6-3-9-29(16)22(18(17)20(30)32)12-4-1-2-5-15(12)28-21(22)33/h1-2,4-5,7-8,10,16-18H,3,6,9H2,(H,28,33). The van der Waals surface area contributed by atoms with Crippen molar-refractivity contribution in [2.75, 3.05) is 16.8 Å². The lowest BCUT2D eigenvalue weighted by Crippen LogP contribution is -2.54. The van der Waals surface area contributed by atoms with E-state index < -0.39 is 46.0 Å². The molecule has 33 heavy (non-hydrogen) atoms. The number of para-hydroxylation sites is 1. The first-order valence-electron chi connectivity index (χ1n) is 10.6. The summed E-state index contributed by atoms with van der Waals surface area (Å²) < 4.78 is 40.3. The maximum atomic E-state index is 13.8. The number of nitrogens with zero attached hydrogens (tertiary/aromatic N) is 2. The SMILES string of the molecule is O=C1C2C3CCCN3C3(C(=O)Nc4ccccc43)C2C(=O)N1c1ccc(Cl)c(C(F)(F)F)c1. The largest absolute Gasteiger partial charge is 0.417 e. The molecule has 10 heteroatoms. The Morgan fingerprint density at radius 3 is 2.58 bits per heavy atom. The van der Waals surface area contributed by atoms with E-state index in [0.29, 0.717) is 24.2 Å². The first-order chi connectivity index (χ1) is 15.7. The van der Waals surface area contributed by atoms with Gasteiger partial charge in [0.15, 0.2) is 0 Å². The molecule has 0 saturated carbocycles. The minimum absolute atomic E-state index is 0.192. The number of anilines is 2. The Hall–Kier alpha value is -2.91. The van der Waals surface area contributed by atoms with E-state index in [4.69, 9.17) is 11.6 Å². The minimum atomic E-state index is -4.75. The van der Waals surface area contributed by atoms with Gasteiger partial charge in [-0.25, -0.2) is 4.90 Å². The zero-order valence-corrected chi connectivity index (χ0v) is 17.8. The molecule has 4 unspecified atom stereocenters. The molecule has 1 spiro atoms. The third kappa shape index (κ3) is 2.46. The Labute approximate surface area is 191 Å². The van der Waals surface area contributed by atoms with E-state index in [1.54, 1.807) is 24.3 Å². The molecule has 4 heterocycles. The van der Waals surface area contributed by atoms with Crippen LogP contribution < -0.4 is 10.2 Å². The van der Waals surface area contributed by atoms with Gasteiger partial charge in [0.05, 0.1) is 28.1 Å². The smallest absolute Gasteiger partial charge is 0.324 e. The van der Waals surface area contributed by atoms with Gasteiger partial charge in [-0.1, -0.05) is 29.8 Å². The Kier molecular flexibility index (Phi) is 4.12. The molecule has 4 aliphatic rings. The lowest BCUT2D eigenvalue weighted by molar-refractivity contribution is -0.137. The van der Waals surface area contributed by atoms with Crippen LogP contribution in [0.25, 0.3) is 0 Å². The maximum absolute atomic E-state index is 13.8. The second-order valence-corrected chi connectivity index (χ2v) is 9.25. The first-order valence-corrected chi connectivity index (χ1v) is 11.0. The van der Waals surface area contributed by atoms with Gasteiger partial charge in [-0.05, 0) is 43.7 Å². The normalized spacial score (nSPS) is 30.7. The van der Waals surface area contributed by atoms with Crippen molar-refractivity contribution in [3.8, 4) is 0 Å². The number of fused-ring (bicyclic) bond motifs is 7. The lowest BCUT2D eigenvalue weighted by Gasteiger charge is -2.36. The Bertz CT molecular complexity index is 1250. The zero-order chi connectivity index (χ0) is 23.3. The third-order valence-electron chi connectivity index (χ3n) is 7.41. The molecule has 0 radical (unpaired) electrons. The van der Waals surface area contributed by atoms with Crippen LogP contribution in [0.5, 0.6) is 0 Å². The molecule has 4 aliphatic heterocycles. The van der Waals surface area contributed by atoms with Crippen LogP contribution in [0, 0.1) is 11.8 Å². The second kappa shape index (κ2) is 6.57. The average Bonchev–Trinajstić information content (AvgIpc) is 3.46. The highest BCUT2D eigenvalue weighted by Crippen LogP contribution is 2.60. The van der Waals surface area contributed by atoms with E-state index >= 15 is 0 Å². The van der Waals surface area contributed by atoms with E-state index in [9.17, 15) is 27.6 Å². The van der Waals surface area contributed by atoms with Crippen molar-refractivity contribution in [3.63, 3.8) is 0 Å². The van der Waals surface area contributed by atoms with Crippen LogP contribution >= 0.6 is 11.6 Å². The predicted octanol–water partition coefficient (Wildman–Crippen LogP) is 3.79. The summed E-state index contributed by atoms with van der Waals surface area (Å²) in [6.07, 6.45) is -3.37. The fraction of sp³-hybridized carbons (Fsp3) is 0.348. The molecule has 0 aliphatic carbocycles. The van der Waals surface area contributed by atoms with Gasteiger partial charge < -0.3 is 5.32 Å². The van der Waals surface area contributed by atoms with E-state index in [-0.39, 0.29) is 17.6 Å². The van der Waals surface area contributed by atoms with Gasteiger partial charge in [0.1, 0.15) is 5.54 Å². The fourth-order valence-electron chi connectivity index (χ4n) is 6.28. The Morgan fingerprint density at radius 2 is 1.82 bits per heavy atom. The highest BCUT2D eigenvalue weighted by atomic mass is 35.5. The maximum Gasteiger partial charge on any atom is 0.417 e. The van der Waals surface area contributed by atoms with Crippen molar-refractivity contribution < 1.29 is 27.6 Å². The summed E-state index contributed by atoms with van der Waals surface area (Å²) in [7, 11) is 0. The van der Waals surface area contributed by atoms with Gasteiger partial charge in [-0.15, -0.1) is 0 Å². The number of nitrogens with one attached hydrogen (secondary N) is 1. The molecule has 2 aromatic carbocycles. The van der Waals surface area contributed by atoms with E-state index in [2.05, 4.69) is 5.32 Å². The van der Waals surface area contributed by atoms with Crippen molar-refractivity contribution in [1.29, 1.82) is 0 Å². The number of hydrogen-bond donors (Lipinski definition) is 1. The molecule has 0 bridgehead atoms. The van der Waals surface area contributed by atoms with Crippen molar-refractivity contribution in [3.05, 3.63) is 58.6 Å². The third-order valence-corrected chi connectivity index (χ3v) is 7.74. The number of carbonyl (C=O) groups is 3. The van der Waals surface area contributed by atoms with Crippen molar-refractivity contribution in [1.82, 2.24) is 4.90 Å². The first kappa shape index (κ1) is 20.7. The van der Waals surface area contributed by atoms with Crippen LogP contribution in [0.4, 0.5) is 24.5 Å². The number of halogens is 4. The van der Waals surface area contributed by atoms with Crippen LogP contribution in [0.2, 0.25) is 5.02 Å². The van der Waals surface area contributed by atoms with Crippen LogP contribution in [-0.2, 0) is 26.1 Å². The van der Waals surface area contributed by atoms with Crippen molar-refractivity contribution >= 4 is 40.7 Å². The van der Waals surface area contributed by atoms with Gasteiger partial charge in [-0.2, -0.15) is 13.2 Å². The molecular formula is C23H17ClF3N3O3. The van der Waals surface area contributed by atoms with Crippen LogP contribution in [0.15, 0.2) is 42.5 Å². The number of carbonyl (C=O) groups excluding carboxylic acids is 3. The van der Waals surface area contributed by atoms with Crippen LogP contribution in [0.1, 0.15) is 24.0 Å². The molecule has 4 atom stereocenters. The zero-order valence-electron chi connectivity index (χ0n) is 17.0. The summed E-state index contributed by atoms with van der Waals surface area (Å²) in [5.41, 5.74) is -1.46. The summed E-state index contributed by atoms with van der Waals surface area (Å²) in [5, 5.41) is 2.33. The van der Waals surface area contributed by atoms with Crippen LogP contribution in [-0.4, -0.2) is 35.2 Å². The number of rotatable bonds is 1. The topological polar surface area (TPSA) is 69.7 Å². The molecule has 3 saturated heterocycles. The number of imide groups is 1. The van der Waals surface area contributed by atoms with Gasteiger partial charge in [-0.3, -0.25) is 19.3 Å². The molecule has 1 N–H and O–H groups in total. The number of hydrogen-bond acceptors (Lipinski definition) is 4. The second-order valence-electron chi connectivity index (χ2n) is 8.85. The monoisotopic (exact) mass is 475 g/mol. The summed E-state index contributed by atoms with van der Waals surface area (Å²) >= 11 is 5.73. The molecule has 3 fully saturated rings. The van der Waals surface area contributed by atoms with Gasteiger partial charge in [0, 0.05) is 17.3 Å². The number of alkyl halides is 3. The summed E-state index contributed by atoms with van der Waals surface area (Å²) in [6, 6.07) is 9.70. The van der Waals surface area contributed by atoms with E-state index in [1.165, 1.54) is 6.07 Å². The predicted molar refractivity (Wildman–Crippen MR) is 112 cm³/mol. The van der Waals surface area contributed by atoms with Gasteiger partial charge in [0.25, 0.3) is 0 Å². The van der Waals surface area contributed by atoms with Crippen molar-refractivity contribution in [2.24, 2.45) is 11.8 Å². The number of benzene rings is 2.